The molecule has 2 aliphatic heterocycles. The van der Waals surface area contributed by atoms with Gasteiger partial charge in [-0.25, -0.2) is 24.3 Å². The molecule has 0 saturated carbocycles. The summed E-state index contributed by atoms with van der Waals surface area (Å²) >= 11 is 1.57. The lowest BCUT2D eigenvalue weighted by Crippen LogP contribution is -2.58. The summed E-state index contributed by atoms with van der Waals surface area (Å²) in [4.78, 5) is 79.4. The minimum Gasteiger partial charge on any atom is -0.391 e. The van der Waals surface area contributed by atoms with E-state index in [0.29, 0.717) is 35.1 Å². The van der Waals surface area contributed by atoms with Gasteiger partial charge in [-0.05, 0) is 93.1 Å². The van der Waals surface area contributed by atoms with E-state index in [2.05, 4.69) is 59.4 Å². The predicted octanol–water partition coefficient (Wildman–Crippen LogP) is 5.27. The largest absolute Gasteiger partial charge is 0.391 e. The van der Waals surface area contributed by atoms with Crippen LogP contribution in [0.15, 0.2) is 95.9 Å². The van der Waals surface area contributed by atoms with E-state index < -0.39 is 41.0 Å². The van der Waals surface area contributed by atoms with Crippen molar-refractivity contribution in [3.05, 3.63) is 118 Å². The van der Waals surface area contributed by atoms with Crippen molar-refractivity contribution in [2.45, 2.75) is 97.7 Å². The third-order valence-corrected chi connectivity index (χ3v) is 14.5. The summed E-state index contributed by atoms with van der Waals surface area (Å²) in [6, 6.07) is 19.4. The summed E-state index contributed by atoms with van der Waals surface area (Å²) in [5.41, 5.74) is 5.27. The normalized spacial score (nSPS) is 16.7. The fourth-order valence-electron chi connectivity index (χ4n) is 9.38. The van der Waals surface area contributed by atoms with Crippen molar-refractivity contribution in [3.8, 4) is 16.3 Å². The number of allylic oxidation sites excluding steroid dienone is 1. The van der Waals surface area contributed by atoms with Crippen molar-refractivity contribution in [1.29, 1.82) is 0 Å². The first-order chi connectivity index (χ1) is 36.4. The molecule has 0 radical (unpaired) electrons. The third kappa shape index (κ3) is 13.6. The Morgan fingerprint density at radius 1 is 0.947 bits per heavy atom. The van der Waals surface area contributed by atoms with Gasteiger partial charge in [-0.3, -0.25) is 24.1 Å². The van der Waals surface area contributed by atoms with Gasteiger partial charge in [0.1, 0.15) is 36.5 Å². The lowest BCUT2D eigenvalue weighted by Gasteiger charge is -2.36. The van der Waals surface area contributed by atoms with Gasteiger partial charge in [0.2, 0.25) is 23.7 Å². The summed E-state index contributed by atoms with van der Waals surface area (Å²) < 4.78 is 14.3. The molecule has 3 atom stereocenters. The number of aryl methyl sites for hydroxylation is 1. The van der Waals surface area contributed by atoms with Crippen LogP contribution in [0.3, 0.4) is 0 Å². The fraction of sp³-hybridized carbons (Fsp3) is 0.455. The van der Waals surface area contributed by atoms with E-state index in [1.54, 1.807) is 54.1 Å². The van der Waals surface area contributed by atoms with Gasteiger partial charge in [-0.15, -0.1) is 17.9 Å². The number of amides is 3. The van der Waals surface area contributed by atoms with Crippen molar-refractivity contribution in [1.82, 2.24) is 49.7 Å². The van der Waals surface area contributed by atoms with Gasteiger partial charge in [0, 0.05) is 69.9 Å². The molecule has 0 spiro atoms. The lowest BCUT2D eigenvalue weighted by atomic mass is 9.85. The number of hydrogen-bond donors (Lipinski definition) is 5. The molecule has 3 amide bonds. The first kappa shape index (κ1) is 55.4. The summed E-state index contributed by atoms with van der Waals surface area (Å²) in [6.45, 7) is 19.7. The van der Waals surface area contributed by atoms with Crippen molar-refractivity contribution >= 4 is 57.4 Å². The number of carbonyl (C=O) groups is 3. The predicted molar refractivity (Wildman–Crippen MR) is 292 cm³/mol. The maximum atomic E-state index is 14.0. The number of rotatable bonds is 22. The summed E-state index contributed by atoms with van der Waals surface area (Å²) in [7, 11) is 0. The smallest absolute Gasteiger partial charge is 0.278 e. The number of benzene rings is 2. The number of nitrogens with one attached hydrogen (secondary N) is 3. The Hall–Kier alpha value is -6.88. The first-order valence-electron chi connectivity index (χ1n) is 25.7. The molecular formula is C55H70N12O8S. The van der Waals surface area contributed by atoms with Crippen molar-refractivity contribution < 1.29 is 34.1 Å². The average Bonchev–Trinajstić information content (AvgIpc) is 4.18. The minimum absolute atomic E-state index is 0.0162. The lowest BCUT2D eigenvalue weighted by molar-refractivity contribution is -0.145. The Morgan fingerprint density at radius 2 is 1.70 bits per heavy atom. The Balaban J connectivity index is 0.726. The summed E-state index contributed by atoms with van der Waals surface area (Å²) in [5.74, 6) is -0.553. The van der Waals surface area contributed by atoms with Gasteiger partial charge >= 0.3 is 0 Å². The molecule has 6 aromatic rings. The van der Waals surface area contributed by atoms with Crippen LogP contribution in [0.4, 0.5) is 17.3 Å². The number of β-amino-alcohol motifs (C(OH)–C–C–N with tert-alkyl or cyclic N) is 1. The Bertz CT molecular complexity index is 3030. The number of aliphatic hydroxyl groups is 2. The van der Waals surface area contributed by atoms with E-state index in [1.807, 2.05) is 69.6 Å². The van der Waals surface area contributed by atoms with Gasteiger partial charge in [-0.1, -0.05) is 57.2 Å². The standard InChI is InChI=1S/C55H70N12O8S/c1-8-22-66-51(71)42-31-57-53(62-49(42)67(66)45-13-11-12-44(60-45)55(6,7)73)59-39-18-20-40(21-19-39)64-26-24-63(25-27-64)23-9-10-28-74-35-75-33-46(69)61-48(54(3,4)5)52(72)65-32-41(68)29-43(65)50(70)56-30-37-14-16-38(17-15-37)47-36(2)58-34-76-47/h8,11-21,31,34,41,43,48,68,73H,1,9-10,22-30,32-33,35H2,2-7H3,(H,56,70)(H,61,69)(H,57,59,62)/t41-,43+,48-/m1/s1. The molecule has 8 rings (SSSR count). The molecule has 0 bridgehead atoms. The van der Waals surface area contributed by atoms with E-state index in [0.717, 1.165) is 78.6 Å². The summed E-state index contributed by atoms with van der Waals surface area (Å²) in [6.07, 6.45) is 4.12. The molecule has 0 aliphatic carbocycles. The van der Waals surface area contributed by atoms with E-state index in [4.69, 9.17) is 14.5 Å². The zero-order chi connectivity index (χ0) is 54.1. The highest BCUT2D eigenvalue weighted by Crippen LogP contribution is 2.29. The Kier molecular flexibility index (Phi) is 17.8. The minimum atomic E-state index is -1.19. The van der Waals surface area contributed by atoms with Gasteiger partial charge < -0.3 is 45.4 Å². The molecule has 2 aliphatic rings. The monoisotopic (exact) mass is 1060 g/mol. The molecule has 2 fully saturated rings. The van der Waals surface area contributed by atoms with Crippen LogP contribution in [0.5, 0.6) is 0 Å². The van der Waals surface area contributed by atoms with Gasteiger partial charge in [0.05, 0.1) is 34.4 Å². The van der Waals surface area contributed by atoms with Gasteiger partial charge in [0.25, 0.3) is 5.56 Å². The molecule has 20 nitrogen and oxygen atoms in total. The van der Waals surface area contributed by atoms with Crippen LogP contribution in [0, 0.1) is 12.3 Å². The number of carbonyl (C=O) groups excluding carboxylic acids is 3. The van der Waals surface area contributed by atoms with E-state index in [9.17, 15) is 29.4 Å². The van der Waals surface area contributed by atoms with Crippen LogP contribution in [0.2, 0.25) is 0 Å². The molecule has 21 heteroatoms. The third-order valence-electron chi connectivity index (χ3n) is 13.5. The molecule has 6 heterocycles. The van der Waals surface area contributed by atoms with Crippen LogP contribution in [0.1, 0.15) is 70.8 Å². The second-order valence-electron chi connectivity index (χ2n) is 20.9. The van der Waals surface area contributed by atoms with E-state index >= 15 is 0 Å². The van der Waals surface area contributed by atoms with Crippen LogP contribution in [-0.2, 0) is 42.5 Å². The van der Waals surface area contributed by atoms with Crippen LogP contribution in [-0.4, -0.2) is 144 Å². The number of ether oxygens (including phenoxy) is 2. The van der Waals surface area contributed by atoms with Crippen molar-refractivity contribution in [2.24, 2.45) is 5.41 Å². The molecule has 5 N–H and O–H groups in total. The van der Waals surface area contributed by atoms with E-state index in [1.165, 1.54) is 15.8 Å². The van der Waals surface area contributed by atoms with Gasteiger partial charge in [-0.2, -0.15) is 4.98 Å². The maximum Gasteiger partial charge on any atom is 0.278 e. The maximum absolute atomic E-state index is 14.0. The zero-order valence-electron chi connectivity index (χ0n) is 44.2. The molecule has 2 saturated heterocycles. The molecular weight excluding hydrogens is 989 g/mol. The second-order valence-corrected chi connectivity index (χ2v) is 21.7. The van der Waals surface area contributed by atoms with Crippen molar-refractivity contribution in [3.63, 3.8) is 0 Å². The van der Waals surface area contributed by atoms with Crippen LogP contribution in [0.25, 0.3) is 27.3 Å². The SMILES string of the molecule is C=CCn1c(=O)c2cnc(Nc3ccc(N4CCN(CCCCOCOCC(=O)N[C@H](C(=O)N5C[C@H](O)C[C@H]5C(=O)NCc5ccc(-c6scnc6C)cc5)C(C)(C)C)CC4)cc3)nc2n1-c1cccc(C(C)(C)O)n1. The number of nitrogens with zero attached hydrogens (tertiary/aromatic N) is 9. The van der Waals surface area contributed by atoms with Crippen LogP contribution >= 0.6 is 11.3 Å². The molecule has 404 valence electrons. The molecule has 2 aromatic carbocycles. The van der Waals surface area contributed by atoms with Crippen LogP contribution < -0.4 is 26.4 Å². The highest BCUT2D eigenvalue weighted by atomic mass is 32.1. The molecule has 76 heavy (non-hydrogen) atoms. The average molecular weight is 1060 g/mol. The Morgan fingerprint density at radius 3 is 2.38 bits per heavy atom. The Labute approximate surface area is 446 Å². The number of aromatic nitrogens is 6. The number of pyridine rings is 1. The molecule has 0 unspecified atom stereocenters. The number of hydrogen-bond acceptors (Lipinski definition) is 16. The highest BCUT2D eigenvalue weighted by molar-refractivity contribution is 7.13. The number of likely N-dealkylation sites (tertiary alicyclic amines) is 1. The highest BCUT2D eigenvalue weighted by Gasteiger charge is 2.44. The fourth-order valence-corrected chi connectivity index (χ4v) is 10.2. The number of anilines is 3. The van der Waals surface area contributed by atoms with E-state index in [-0.39, 0.29) is 50.9 Å². The van der Waals surface area contributed by atoms with Crippen molar-refractivity contribution in [2.75, 3.05) is 69.5 Å². The first-order valence-corrected chi connectivity index (χ1v) is 26.6. The quantitative estimate of drug-likeness (QED) is 0.0331. The number of unbranched alkanes of at least 4 members (excludes halogenated alkanes) is 1. The number of aliphatic hydroxyl groups excluding tert-OH is 1. The second kappa shape index (κ2) is 24.4. The zero-order valence-corrected chi connectivity index (χ0v) is 45.0. The number of piperazine rings is 1. The summed E-state index contributed by atoms with van der Waals surface area (Å²) in [5, 5.41) is 30.6. The molecule has 4 aromatic heterocycles. The number of thiazole rings is 1. The number of fused-ring (bicyclic) bond motifs is 1. The topological polar surface area (TPSA) is 234 Å². The van der Waals surface area contributed by atoms with Gasteiger partial charge in [0.15, 0.2) is 11.5 Å².